The van der Waals surface area contributed by atoms with Crippen LogP contribution in [0.2, 0.25) is 0 Å². The summed E-state index contributed by atoms with van der Waals surface area (Å²) >= 11 is 0. The molecular formula is C21H26N6O. The summed E-state index contributed by atoms with van der Waals surface area (Å²) in [5.74, 6) is 1.61. The fourth-order valence-corrected chi connectivity index (χ4v) is 3.82. The van der Waals surface area contributed by atoms with Gasteiger partial charge >= 0.3 is 0 Å². The van der Waals surface area contributed by atoms with Crippen LogP contribution < -0.4 is 10.2 Å². The molecule has 0 atom stereocenters. The smallest absolute Gasteiger partial charge is 0.221 e. The highest BCUT2D eigenvalue weighted by Gasteiger charge is 2.21. The van der Waals surface area contributed by atoms with E-state index < -0.39 is 0 Å². The first-order valence-corrected chi connectivity index (χ1v) is 9.90. The fourth-order valence-electron chi connectivity index (χ4n) is 3.82. The van der Waals surface area contributed by atoms with Gasteiger partial charge in [-0.05, 0) is 37.8 Å². The number of rotatable bonds is 6. The lowest BCUT2D eigenvalue weighted by molar-refractivity contribution is -0.121. The number of imidazole rings is 1. The number of nitrogens with zero attached hydrogens (tertiary/aromatic N) is 5. The number of aromatic nitrogens is 4. The van der Waals surface area contributed by atoms with Crippen LogP contribution in [-0.2, 0) is 11.3 Å². The Labute approximate surface area is 164 Å². The molecule has 4 rings (SSSR count). The van der Waals surface area contributed by atoms with Crippen molar-refractivity contribution >= 4 is 22.8 Å². The van der Waals surface area contributed by atoms with Crippen LogP contribution in [0.5, 0.6) is 0 Å². The lowest BCUT2D eigenvalue weighted by Gasteiger charge is -2.33. The number of carbonyl (C=O) groups excluding carboxylic acids is 1. The number of aryl methyl sites for hydroxylation is 2. The minimum atomic E-state index is 0.102. The van der Waals surface area contributed by atoms with E-state index in [4.69, 9.17) is 0 Å². The quantitative estimate of drug-likeness (QED) is 0.713. The predicted molar refractivity (Wildman–Crippen MR) is 109 cm³/mol. The molecule has 146 valence electrons. The van der Waals surface area contributed by atoms with Gasteiger partial charge in [0.2, 0.25) is 5.91 Å². The number of benzene rings is 1. The SMILES string of the molecule is Cc1nccnc1N1CCC(CNC(=O)CCn2cnc3ccccc32)CC1. The van der Waals surface area contributed by atoms with Gasteiger partial charge in [-0.2, -0.15) is 0 Å². The Morgan fingerprint density at radius 2 is 1.93 bits per heavy atom. The van der Waals surface area contributed by atoms with Gasteiger partial charge in [-0.3, -0.25) is 9.78 Å². The standard InChI is InChI=1S/C21H26N6O/c1-16-21(23-10-9-22-16)26-11-6-17(7-12-26)14-24-20(28)8-13-27-15-25-18-4-2-3-5-19(18)27/h2-5,9-10,15,17H,6-8,11-14H2,1H3,(H,24,28). The minimum Gasteiger partial charge on any atom is -0.356 e. The molecule has 2 aromatic heterocycles. The first-order valence-electron chi connectivity index (χ1n) is 9.90. The maximum Gasteiger partial charge on any atom is 0.221 e. The Kier molecular flexibility index (Phi) is 5.50. The van der Waals surface area contributed by atoms with E-state index in [-0.39, 0.29) is 5.91 Å². The summed E-state index contributed by atoms with van der Waals surface area (Å²) in [6, 6.07) is 7.99. The summed E-state index contributed by atoms with van der Waals surface area (Å²) in [4.78, 5) is 27.7. The van der Waals surface area contributed by atoms with Gasteiger partial charge in [-0.15, -0.1) is 0 Å². The monoisotopic (exact) mass is 378 g/mol. The molecule has 1 saturated heterocycles. The van der Waals surface area contributed by atoms with Crippen molar-refractivity contribution in [2.24, 2.45) is 5.92 Å². The molecule has 1 aliphatic heterocycles. The van der Waals surface area contributed by atoms with Crippen LogP contribution in [0.1, 0.15) is 25.0 Å². The van der Waals surface area contributed by atoms with Crippen LogP contribution in [-0.4, -0.2) is 45.1 Å². The van der Waals surface area contributed by atoms with Gasteiger partial charge in [0.1, 0.15) is 5.82 Å². The van der Waals surface area contributed by atoms with Crippen molar-refractivity contribution in [1.29, 1.82) is 0 Å². The molecule has 7 heteroatoms. The van der Waals surface area contributed by atoms with Crippen molar-refractivity contribution in [2.75, 3.05) is 24.5 Å². The lowest BCUT2D eigenvalue weighted by Crippen LogP contribution is -2.39. The van der Waals surface area contributed by atoms with E-state index in [0.29, 0.717) is 18.9 Å². The number of piperidine rings is 1. The number of anilines is 1. The summed E-state index contributed by atoms with van der Waals surface area (Å²) in [5, 5.41) is 3.11. The summed E-state index contributed by atoms with van der Waals surface area (Å²) < 4.78 is 2.04. The number of nitrogens with one attached hydrogen (secondary N) is 1. The average molecular weight is 378 g/mol. The van der Waals surface area contributed by atoms with Crippen LogP contribution in [0.25, 0.3) is 11.0 Å². The highest BCUT2D eigenvalue weighted by atomic mass is 16.1. The number of hydrogen-bond acceptors (Lipinski definition) is 5. The molecule has 0 unspecified atom stereocenters. The summed E-state index contributed by atoms with van der Waals surface area (Å²) in [5.41, 5.74) is 3.01. The molecule has 0 bridgehead atoms. The van der Waals surface area contributed by atoms with Crippen LogP contribution in [0.4, 0.5) is 5.82 Å². The lowest BCUT2D eigenvalue weighted by atomic mass is 9.96. The van der Waals surface area contributed by atoms with Crippen LogP contribution in [0.15, 0.2) is 43.0 Å². The van der Waals surface area contributed by atoms with Gasteiger partial charge in [0, 0.05) is 45.0 Å². The van der Waals surface area contributed by atoms with Crippen LogP contribution in [0.3, 0.4) is 0 Å². The van der Waals surface area contributed by atoms with Crippen molar-refractivity contribution < 1.29 is 4.79 Å². The number of fused-ring (bicyclic) bond motifs is 1. The Hall–Kier alpha value is -2.96. The Morgan fingerprint density at radius 1 is 1.14 bits per heavy atom. The third-order valence-electron chi connectivity index (χ3n) is 5.46. The molecular weight excluding hydrogens is 352 g/mol. The van der Waals surface area contributed by atoms with Crippen LogP contribution >= 0.6 is 0 Å². The zero-order valence-electron chi connectivity index (χ0n) is 16.2. The molecule has 1 amide bonds. The molecule has 3 aromatic rings. The summed E-state index contributed by atoms with van der Waals surface area (Å²) in [6.45, 7) is 5.31. The van der Waals surface area contributed by atoms with E-state index in [2.05, 4.69) is 25.2 Å². The maximum absolute atomic E-state index is 12.3. The predicted octanol–water partition coefficient (Wildman–Crippen LogP) is 2.56. The topological polar surface area (TPSA) is 75.9 Å². The Bertz CT molecular complexity index is 945. The molecule has 28 heavy (non-hydrogen) atoms. The van der Waals surface area contributed by atoms with Gasteiger partial charge in [0.15, 0.2) is 0 Å². The number of para-hydroxylation sites is 2. The number of carbonyl (C=O) groups is 1. The highest BCUT2D eigenvalue weighted by molar-refractivity contribution is 5.77. The molecule has 7 nitrogen and oxygen atoms in total. The molecule has 0 saturated carbocycles. The Balaban J connectivity index is 1.21. The maximum atomic E-state index is 12.3. The van der Waals surface area contributed by atoms with E-state index in [9.17, 15) is 4.79 Å². The van der Waals surface area contributed by atoms with E-state index in [1.807, 2.05) is 42.1 Å². The van der Waals surface area contributed by atoms with Crippen LogP contribution in [0, 0.1) is 12.8 Å². The molecule has 1 fully saturated rings. The minimum absolute atomic E-state index is 0.102. The summed E-state index contributed by atoms with van der Waals surface area (Å²) in [7, 11) is 0. The largest absolute Gasteiger partial charge is 0.356 e. The molecule has 0 radical (unpaired) electrons. The normalized spacial score (nSPS) is 15.1. The molecule has 0 aliphatic carbocycles. The van der Waals surface area contributed by atoms with Crippen molar-refractivity contribution in [2.45, 2.75) is 32.7 Å². The van der Waals surface area contributed by atoms with E-state index in [1.165, 1.54) is 0 Å². The van der Waals surface area contributed by atoms with Gasteiger partial charge in [0.25, 0.3) is 0 Å². The zero-order valence-corrected chi connectivity index (χ0v) is 16.2. The number of hydrogen-bond donors (Lipinski definition) is 1. The first kappa shape index (κ1) is 18.4. The number of amides is 1. The van der Waals surface area contributed by atoms with E-state index in [1.54, 1.807) is 12.4 Å². The second-order valence-electron chi connectivity index (χ2n) is 7.38. The first-order chi connectivity index (χ1) is 13.7. The van der Waals surface area contributed by atoms with E-state index in [0.717, 1.165) is 55.0 Å². The van der Waals surface area contributed by atoms with Gasteiger partial charge in [0.05, 0.1) is 23.1 Å². The van der Waals surface area contributed by atoms with Gasteiger partial charge < -0.3 is 14.8 Å². The molecule has 1 aliphatic rings. The summed E-state index contributed by atoms with van der Waals surface area (Å²) in [6.07, 6.45) is 7.87. The second-order valence-corrected chi connectivity index (χ2v) is 7.38. The fraction of sp³-hybridized carbons (Fsp3) is 0.429. The van der Waals surface area contributed by atoms with Gasteiger partial charge in [-0.1, -0.05) is 12.1 Å². The van der Waals surface area contributed by atoms with Crippen molar-refractivity contribution in [1.82, 2.24) is 24.8 Å². The average Bonchev–Trinajstić information content (AvgIpc) is 3.15. The van der Waals surface area contributed by atoms with Crippen molar-refractivity contribution in [3.05, 3.63) is 48.7 Å². The third-order valence-corrected chi connectivity index (χ3v) is 5.46. The van der Waals surface area contributed by atoms with E-state index >= 15 is 0 Å². The highest BCUT2D eigenvalue weighted by Crippen LogP contribution is 2.22. The second kappa shape index (κ2) is 8.37. The van der Waals surface area contributed by atoms with Gasteiger partial charge in [-0.25, -0.2) is 9.97 Å². The molecule has 1 aromatic carbocycles. The molecule has 0 spiro atoms. The third kappa shape index (κ3) is 4.13. The van der Waals surface area contributed by atoms with Crippen molar-refractivity contribution in [3.63, 3.8) is 0 Å². The zero-order chi connectivity index (χ0) is 19.3. The molecule has 3 heterocycles. The Morgan fingerprint density at radius 3 is 2.75 bits per heavy atom. The van der Waals surface area contributed by atoms with Crippen molar-refractivity contribution in [3.8, 4) is 0 Å². The molecule has 1 N–H and O–H groups in total.